The van der Waals surface area contributed by atoms with Crippen LogP contribution in [0.3, 0.4) is 0 Å². The van der Waals surface area contributed by atoms with Crippen LogP contribution in [0.1, 0.15) is 34.8 Å². The van der Waals surface area contributed by atoms with Crippen LogP contribution in [0, 0.1) is 0 Å². The fraction of sp³-hybridized carbons (Fsp3) is 0.350. The van der Waals surface area contributed by atoms with Gasteiger partial charge in [-0.1, -0.05) is 46.3 Å². The van der Waals surface area contributed by atoms with E-state index in [0.717, 1.165) is 35.7 Å². The molecule has 2 aromatic carbocycles. The van der Waals surface area contributed by atoms with E-state index in [1.165, 1.54) is 18.4 Å². The van der Waals surface area contributed by atoms with Crippen LogP contribution in [-0.2, 0) is 0 Å². The molecule has 0 aromatic heterocycles. The van der Waals surface area contributed by atoms with Gasteiger partial charge in [0.1, 0.15) is 0 Å². The third-order valence-corrected chi connectivity index (χ3v) is 5.54. The highest BCUT2D eigenvalue weighted by Gasteiger charge is 2.37. The standard InChI is InChI=1S/C20H21BrN2O/c21-17-8-6-16(7-9-17)20(24)23-13-12-22(18-10-11-18)14-19(23)15-4-2-1-3-5-15/h1-9,18-19H,10-14H2. The maximum atomic E-state index is 13.1. The number of hydrogen-bond donors (Lipinski definition) is 0. The summed E-state index contributed by atoms with van der Waals surface area (Å²) >= 11 is 3.44. The molecule has 1 aliphatic carbocycles. The van der Waals surface area contributed by atoms with Gasteiger partial charge in [0.2, 0.25) is 0 Å². The third kappa shape index (κ3) is 3.26. The van der Waals surface area contributed by atoms with Gasteiger partial charge in [0.15, 0.2) is 0 Å². The van der Waals surface area contributed by atoms with E-state index < -0.39 is 0 Å². The largest absolute Gasteiger partial charge is 0.329 e. The van der Waals surface area contributed by atoms with Gasteiger partial charge in [-0.25, -0.2) is 0 Å². The molecule has 1 amide bonds. The van der Waals surface area contributed by atoms with Crippen LogP contribution < -0.4 is 0 Å². The highest BCUT2D eigenvalue weighted by atomic mass is 79.9. The zero-order chi connectivity index (χ0) is 16.5. The van der Waals surface area contributed by atoms with E-state index in [2.05, 4.69) is 50.0 Å². The number of amides is 1. The van der Waals surface area contributed by atoms with Crippen LogP contribution in [0.15, 0.2) is 59.1 Å². The fourth-order valence-corrected chi connectivity index (χ4v) is 3.80. The quantitative estimate of drug-likeness (QED) is 0.794. The summed E-state index contributed by atoms with van der Waals surface area (Å²) in [6.45, 7) is 2.72. The van der Waals surface area contributed by atoms with Gasteiger partial charge in [-0.3, -0.25) is 9.69 Å². The molecule has 1 heterocycles. The Balaban J connectivity index is 1.61. The van der Waals surface area contributed by atoms with Crippen LogP contribution in [0.4, 0.5) is 0 Å². The maximum absolute atomic E-state index is 13.1. The zero-order valence-electron chi connectivity index (χ0n) is 13.6. The first-order valence-corrected chi connectivity index (χ1v) is 9.37. The van der Waals surface area contributed by atoms with Crippen molar-refractivity contribution < 1.29 is 4.79 Å². The van der Waals surface area contributed by atoms with E-state index in [4.69, 9.17) is 0 Å². The number of hydrogen-bond acceptors (Lipinski definition) is 2. The topological polar surface area (TPSA) is 23.6 Å². The lowest BCUT2D eigenvalue weighted by molar-refractivity contribution is 0.0433. The molecule has 1 unspecified atom stereocenters. The first-order valence-electron chi connectivity index (χ1n) is 8.58. The fourth-order valence-electron chi connectivity index (χ4n) is 3.54. The molecular weight excluding hydrogens is 364 g/mol. The summed E-state index contributed by atoms with van der Waals surface area (Å²) in [4.78, 5) is 17.7. The SMILES string of the molecule is O=C(c1ccc(Br)cc1)N1CCN(C2CC2)CC1c1ccccc1. The number of halogens is 1. The Hall–Kier alpha value is -1.65. The summed E-state index contributed by atoms with van der Waals surface area (Å²) < 4.78 is 0.997. The monoisotopic (exact) mass is 384 g/mol. The Morgan fingerprint density at radius 3 is 2.33 bits per heavy atom. The van der Waals surface area contributed by atoms with Crippen molar-refractivity contribution in [2.75, 3.05) is 19.6 Å². The highest BCUT2D eigenvalue weighted by molar-refractivity contribution is 9.10. The van der Waals surface area contributed by atoms with Gasteiger partial charge < -0.3 is 4.90 Å². The van der Waals surface area contributed by atoms with Crippen molar-refractivity contribution in [3.8, 4) is 0 Å². The van der Waals surface area contributed by atoms with E-state index in [9.17, 15) is 4.79 Å². The average Bonchev–Trinajstić information content (AvgIpc) is 3.47. The van der Waals surface area contributed by atoms with Gasteiger partial charge in [0.25, 0.3) is 5.91 Å². The molecule has 124 valence electrons. The Morgan fingerprint density at radius 1 is 0.958 bits per heavy atom. The second kappa shape index (κ2) is 6.69. The van der Waals surface area contributed by atoms with E-state index in [0.29, 0.717) is 0 Å². The molecule has 0 N–H and O–H groups in total. The van der Waals surface area contributed by atoms with Crippen molar-refractivity contribution in [2.45, 2.75) is 24.9 Å². The van der Waals surface area contributed by atoms with Gasteiger partial charge in [-0.2, -0.15) is 0 Å². The van der Waals surface area contributed by atoms with Crippen molar-refractivity contribution in [1.82, 2.24) is 9.80 Å². The summed E-state index contributed by atoms with van der Waals surface area (Å²) in [5.41, 5.74) is 1.99. The number of carbonyl (C=O) groups excluding carboxylic acids is 1. The zero-order valence-corrected chi connectivity index (χ0v) is 15.2. The van der Waals surface area contributed by atoms with Crippen LogP contribution in [0.2, 0.25) is 0 Å². The number of piperazine rings is 1. The lowest BCUT2D eigenvalue weighted by atomic mass is 10.0. The van der Waals surface area contributed by atoms with Gasteiger partial charge in [0, 0.05) is 35.7 Å². The van der Waals surface area contributed by atoms with Crippen molar-refractivity contribution in [3.63, 3.8) is 0 Å². The summed E-state index contributed by atoms with van der Waals surface area (Å²) in [5.74, 6) is 0.131. The maximum Gasteiger partial charge on any atom is 0.254 e. The van der Waals surface area contributed by atoms with Gasteiger partial charge in [0.05, 0.1) is 6.04 Å². The number of carbonyl (C=O) groups is 1. The number of rotatable bonds is 3. The minimum atomic E-state index is 0.131. The molecule has 1 aliphatic heterocycles. The second-order valence-corrected chi connectivity index (χ2v) is 7.57. The predicted octanol–water partition coefficient (Wildman–Crippen LogP) is 4.11. The Morgan fingerprint density at radius 2 is 1.67 bits per heavy atom. The lowest BCUT2D eigenvalue weighted by Gasteiger charge is -2.42. The minimum absolute atomic E-state index is 0.131. The van der Waals surface area contributed by atoms with Crippen molar-refractivity contribution in [2.24, 2.45) is 0 Å². The molecule has 4 rings (SSSR count). The van der Waals surface area contributed by atoms with Crippen LogP contribution in [0.5, 0.6) is 0 Å². The Kier molecular flexibility index (Phi) is 4.42. The molecular formula is C20H21BrN2O. The molecule has 4 heteroatoms. The smallest absolute Gasteiger partial charge is 0.254 e. The molecule has 2 fully saturated rings. The van der Waals surface area contributed by atoms with E-state index in [-0.39, 0.29) is 11.9 Å². The molecule has 1 saturated heterocycles. The van der Waals surface area contributed by atoms with E-state index in [1.807, 2.05) is 30.3 Å². The van der Waals surface area contributed by atoms with Gasteiger partial charge in [-0.15, -0.1) is 0 Å². The van der Waals surface area contributed by atoms with Crippen molar-refractivity contribution in [3.05, 3.63) is 70.2 Å². The molecule has 2 aliphatic rings. The van der Waals surface area contributed by atoms with Gasteiger partial charge in [-0.05, 0) is 42.7 Å². The molecule has 24 heavy (non-hydrogen) atoms. The van der Waals surface area contributed by atoms with Crippen molar-refractivity contribution in [1.29, 1.82) is 0 Å². The van der Waals surface area contributed by atoms with Crippen LogP contribution in [-0.4, -0.2) is 41.4 Å². The number of benzene rings is 2. The molecule has 1 saturated carbocycles. The van der Waals surface area contributed by atoms with Crippen molar-refractivity contribution >= 4 is 21.8 Å². The van der Waals surface area contributed by atoms with Crippen LogP contribution in [0.25, 0.3) is 0 Å². The first kappa shape index (κ1) is 15.9. The molecule has 1 atom stereocenters. The Labute approximate surface area is 151 Å². The first-order chi connectivity index (χ1) is 11.7. The molecule has 0 bridgehead atoms. The van der Waals surface area contributed by atoms with Crippen LogP contribution >= 0.6 is 15.9 Å². The second-order valence-electron chi connectivity index (χ2n) is 6.66. The summed E-state index contributed by atoms with van der Waals surface area (Å²) in [5, 5.41) is 0. The van der Waals surface area contributed by atoms with E-state index in [1.54, 1.807) is 0 Å². The Bertz CT molecular complexity index is 712. The molecule has 3 nitrogen and oxygen atoms in total. The highest BCUT2D eigenvalue weighted by Crippen LogP contribution is 2.34. The summed E-state index contributed by atoms with van der Waals surface area (Å²) in [6, 6.07) is 19.0. The van der Waals surface area contributed by atoms with Gasteiger partial charge >= 0.3 is 0 Å². The average molecular weight is 385 g/mol. The normalized spacial score (nSPS) is 21.7. The minimum Gasteiger partial charge on any atom is -0.329 e. The predicted molar refractivity (Wildman–Crippen MR) is 99.0 cm³/mol. The van der Waals surface area contributed by atoms with E-state index >= 15 is 0 Å². The number of nitrogens with zero attached hydrogens (tertiary/aromatic N) is 2. The lowest BCUT2D eigenvalue weighted by Crippen LogP contribution is -2.51. The molecule has 2 aromatic rings. The third-order valence-electron chi connectivity index (χ3n) is 5.01. The summed E-state index contributed by atoms with van der Waals surface area (Å²) in [6.07, 6.45) is 2.62. The summed E-state index contributed by atoms with van der Waals surface area (Å²) in [7, 11) is 0. The molecule has 0 radical (unpaired) electrons. The molecule has 0 spiro atoms.